The number of nitrogens with zero attached hydrogens (tertiary/aromatic N) is 5. The summed E-state index contributed by atoms with van der Waals surface area (Å²) in [5, 5.41) is 7.51. The van der Waals surface area contributed by atoms with Crippen LogP contribution in [0.4, 0.5) is 0 Å². The SMILES string of the molecule is O=C(CCn1ccnn1)N1CCN(S(=O)(=O)c2ccccc2)CC1. The number of aryl methyl sites for hydroxylation is 1. The number of carbonyl (C=O) groups is 1. The molecule has 0 atom stereocenters. The zero-order chi connectivity index (χ0) is 17.0. The molecule has 24 heavy (non-hydrogen) atoms. The number of hydrogen-bond donors (Lipinski definition) is 0. The zero-order valence-electron chi connectivity index (χ0n) is 13.2. The average molecular weight is 349 g/mol. The number of aromatic nitrogens is 3. The molecule has 2 aromatic rings. The van der Waals surface area contributed by atoms with Crippen LogP contribution >= 0.6 is 0 Å². The van der Waals surface area contributed by atoms with Crippen LogP contribution in [-0.4, -0.2) is 64.7 Å². The largest absolute Gasteiger partial charge is 0.340 e. The quantitative estimate of drug-likeness (QED) is 0.769. The normalized spacial score (nSPS) is 16.2. The molecule has 128 valence electrons. The molecule has 0 N–H and O–H groups in total. The second-order valence-electron chi connectivity index (χ2n) is 5.51. The fraction of sp³-hybridized carbons (Fsp3) is 0.400. The van der Waals surface area contributed by atoms with Crippen molar-refractivity contribution in [2.45, 2.75) is 17.9 Å². The van der Waals surface area contributed by atoms with Gasteiger partial charge in [0.2, 0.25) is 15.9 Å². The molecule has 1 aliphatic rings. The number of benzene rings is 1. The number of sulfonamides is 1. The van der Waals surface area contributed by atoms with E-state index in [1.807, 2.05) is 0 Å². The van der Waals surface area contributed by atoms with Gasteiger partial charge in [0, 0.05) is 38.8 Å². The van der Waals surface area contributed by atoms with Gasteiger partial charge in [-0.2, -0.15) is 4.31 Å². The first-order chi connectivity index (χ1) is 11.6. The molecule has 1 aromatic heterocycles. The van der Waals surface area contributed by atoms with Crippen molar-refractivity contribution < 1.29 is 13.2 Å². The summed E-state index contributed by atoms with van der Waals surface area (Å²) < 4.78 is 28.1. The smallest absolute Gasteiger partial charge is 0.243 e. The van der Waals surface area contributed by atoms with Crippen LogP contribution in [0.3, 0.4) is 0 Å². The summed E-state index contributed by atoms with van der Waals surface area (Å²) in [7, 11) is -3.49. The minimum absolute atomic E-state index is 0.00209. The summed E-state index contributed by atoms with van der Waals surface area (Å²) in [5.74, 6) is 0.00209. The highest BCUT2D eigenvalue weighted by atomic mass is 32.2. The molecule has 9 heteroatoms. The van der Waals surface area contributed by atoms with E-state index in [1.165, 1.54) is 4.31 Å². The summed E-state index contributed by atoms with van der Waals surface area (Å²) in [4.78, 5) is 14.2. The van der Waals surface area contributed by atoms with Crippen LogP contribution in [0.2, 0.25) is 0 Å². The van der Waals surface area contributed by atoms with E-state index in [-0.39, 0.29) is 10.8 Å². The molecule has 0 unspecified atom stereocenters. The summed E-state index contributed by atoms with van der Waals surface area (Å²) in [5.41, 5.74) is 0. The Bertz CT molecular complexity index is 769. The highest BCUT2D eigenvalue weighted by Crippen LogP contribution is 2.17. The van der Waals surface area contributed by atoms with Crippen molar-refractivity contribution in [3.05, 3.63) is 42.7 Å². The van der Waals surface area contributed by atoms with Crippen molar-refractivity contribution in [2.24, 2.45) is 0 Å². The molecule has 0 bridgehead atoms. The van der Waals surface area contributed by atoms with Gasteiger partial charge in [0.1, 0.15) is 0 Å². The molecule has 2 heterocycles. The van der Waals surface area contributed by atoms with E-state index in [9.17, 15) is 13.2 Å². The van der Waals surface area contributed by atoms with Crippen molar-refractivity contribution in [2.75, 3.05) is 26.2 Å². The third kappa shape index (κ3) is 3.62. The Hall–Kier alpha value is -2.26. The maximum Gasteiger partial charge on any atom is 0.243 e. The first-order valence-electron chi connectivity index (χ1n) is 7.74. The number of amides is 1. The summed E-state index contributed by atoms with van der Waals surface area (Å²) in [6.45, 7) is 1.91. The van der Waals surface area contributed by atoms with E-state index in [0.29, 0.717) is 39.1 Å². The molecule has 0 saturated carbocycles. The van der Waals surface area contributed by atoms with Crippen molar-refractivity contribution in [1.29, 1.82) is 0 Å². The van der Waals surface area contributed by atoms with Crippen LogP contribution in [0.25, 0.3) is 0 Å². The molecule has 1 fully saturated rings. The first kappa shape index (κ1) is 16.6. The molecule has 1 aromatic carbocycles. The number of piperazine rings is 1. The average Bonchev–Trinajstić information content (AvgIpc) is 3.14. The molecule has 1 amide bonds. The van der Waals surface area contributed by atoms with Gasteiger partial charge in [-0.1, -0.05) is 23.4 Å². The van der Waals surface area contributed by atoms with E-state index in [0.717, 1.165) is 0 Å². The predicted octanol–water partition coefficient (Wildman–Crippen LogP) is 0.201. The van der Waals surface area contributed by atoms with Crippen molar-refractivity contribution in [3.8, 4) is 0 Å². The standard InChI is InChI=1S/C15H19N5O3S/c21-15(6-8-19-9-7-16-17-19)18-10-12-20(13-11-18)24(22,23)14-4-2-1-3-5-14/h1-5,7,9H,6,8,10-13H2. The minimum atomic E-state index is -3.49. The van der Waals surface area contributed by atoms with Gasteiger partial charge in [0.25, 0.3) is 0 Å². The Kier molecular flexibility index (Phi) is 4.91. The van der Waals surface area contributed by atoms with Gasteiger partial charge >= 0.3 is 0 Å². The molecule has 3 rings (SSSR count). The van der Waals surface area contributed by atoms with Crippen LogP contribution < -0.4 is 0 Å². The summed E-state index contributed by atoms with van der Waals surface area (Å²) >= 11 is 0. The van der Waals surface area contributed by atoms with E-state index in [2.05, 4.69) is 10.3 Å². The Morgan fingerprint density at radius 3 is 2.42 bits per heavy atom. The van der Waals surface area contributed by atoms with Crippen LogP contribution in [0.5, 0.6) is 0 Å². The minimum Gasteiger partial charge on any atom is -0.340 e. The van der Waals surface area contributed by atoms with Gasteiger partial charge in [-0.3, -0.25) is 9.48 Å². The summed E-state index contributed by atoms with van der Waals surface area (Å²) in [6.07, 6.45) is 3.60. The molecule has 1 aliphatic heterocycles. The second kappa shape index (κ2) is 7.10. The van der Waals surface area contributed by atoms with Gasteiger partial charge in [-0.25, -0.2) is 8.42 Å². The van der Waals surface area contributed by atoms with Crippen molar-refractivity contribution in [3.63, 3.8) is 0 Å². The van der Waals surface area contributed by atoms with E-state index >= 15 is 0 Å². The van der Waals surface area contributed by atoms with E-state index < -0.39 is 10.0 Å². The number of carbonyl (C=O) groups excluding carboxylic acids is 1. The second-order valence-corrected chi connectivity index (χ2v) is 7.45. The Morgan fingerprint density at radius 1 is 1.08 bits per heavy atom. The lowest BCUT2D eigenvalue weighted by Crippen LogP contribution is -2.50. The highest BCUT2D eigenvalue weighted by Gasteiger charge is 2.29. The molecular formula is C15H19N5O3S. The zero-order valence-corrected chi connectivity index (χ0v) is 14.0. The topological polar surface area (TPSA) is 88.4 Å². The Labute approximate surface area is 140 Å². The molecule has 0 aliphatic carbocycles. The van der Waals surface area contributed by atoms with E-state index in [1.54, 1.807) is 52.3 Å². The van der Waals surface area contributed by atoms with Crippen LogP contribution in [0, 0.1) is 0 Å². The lowest BCUT2D eigenvalue weighted by Gasteiger charge is -2.34. The maximum atomic E-state index is 12.5. The molecule has 1 saturated heterocycles. The van der Waals surface area contributed by atoms with Crippen molar-refractivity contribution >= 4 is 15.9 Å². The first-order valence-corrected chi connectivity index (χ1v) is 9.18. The van der Waals surface area contributed by atoms with Crippen LogP contribution in [0.15, 0.2) is 47.6 Å². The van der Waals surface area contributed by atoms with Crippen molar-refractivity contribution in [1.82, 2.24) is 24.2 Å². The number of rotatable bonds is 5. The van der Waals surface area contributed by atoms with Crippen LogP contribution in [0.1, 0.15) is 6.42 Å². The van der Waals surface area contributed by atoms with Gasteiger partial charge < -0.3 is 4.90 Å². The Balaban J connectivity index is 1.54. The lowest BCUT2D eigenvalue weighted by atomic mass is 10.3. The van der Waals surface area contributed by atoms with Gasteiger partial charge in [0.15, 0.2) is 0 Å². The summed E-state index contributed by atoms with van der Waals surface area (Å²) in [6, 6.07) is 8.37. The lowest BCUT2D eigenvalue weighted by molar-refractivity contribution is -0.132. The molecule has 0 spiro atoms. The fourth-order valence-electron chi connectivity index (χ4n) is 2.64. The predicted molar refractivity (Wildman–Crippen MR) is 86.4 cm³/mol. The number of hydrogen-bond acceptors (Lipinski definition) is 5. The highest BCUT2D eigenvalue weighted by molar-refractivity contribution is 7.89. The van der Waals surface area contributed by atoms with Gasteiger partial charge in [-0.05, 0) is 12.1 Å². The van der Waals surface area contributed by atoms with E-state index in [4.69, 9.17) is 0 Å². The fourth-order valence-corrected chi connectivity index (χ4v) is 4.08. The molecular weight excluding hydrogens is 330 g/mol. The molecule has 8 nitrogen and oxygen atoms in total. The Morgan fingerprint density at radius 2 is 1.79 bits per heavy atom. The van der Waals surface area contributed by atoms with Gasteiger partial charge in [0.05, 0.1) is 17.6 Å². The maximum absolute atomic E-state index is 12.5. The third-order valence-electron chi connectivity index (χ3n) is 4.00. The molecule has 0 radical (unpaired) electrons. The van der Waals surface area contributed by atoms with Gasteiger partial charge in [-0.15, -0.1) is 5.10 Å². The van der Waals surface area contributed by atoms with Crippen LogP contribution in [-0.2, 0) is 21.4 Å². The third-order valence-corrected chi connectivity index (χ3v) is 5.91. The monoisotopic (exact) mass is 349 g/mol.